The number of halogens is 1. The lowest BCUT2D eigenvalue weighted by atomic mass is 10.0. The summed E-state index contributed by atoms with van der Waals surface area (Å²) < 4.78 is 27.6. The van der Waals surface area contributed by atoms with Crippen molar-refractivity contribution in [2.24, 2.45) is 0 Å². The maximum absolute atomic E-state index is 12.4. The minimum Gasteiger partial charge on any atom is -0.300 e. The van der Waals surface area contributed by atoms with Gasteiger partial charge in [-0.3, -0.25) is 0 Å². The van der Waals surface area contributed by atoms with E-state index >= 15 is 0 Å². The van der Waals surface area contributed by atoms with E-state index in [0.29, 0.717) is 5.02 Å². The van der Waals surface area contributed by atoms with Crippen LogP contribution in [0, 0.1) is 0 Å². The van der Waals surface area contributed by atoms with E-state index in [4.69, 9.17) is 11.6 Å². The molecule has 122 valence electrons. The second kappa shape index (κ2) is 6.87. The number of nitrogens with zero attached hydrogens (tertiary/aromatic N) is 1. The molecule has 1 aromatic rings. The van der Waals surface area contributed by atoms with E-state index in [1.54, 1.807) is 24.3 Å². The van der Waals surface area contributed by atoms with Gasteiger partial charge in [0.15, 0.2) is 0 Å². The fraction of sp³-hybridized carbons (Fsp3) is 0.625. The number of likely N-dealkylation sites (tertiary alicyclic amines) is 1. The number of hydrogen-bond acceptors (Lipinski definition) is 3. The van der Waals surface area contributed by atoms with Crippen molar-refractivity contribution < 1.29 is 8.42 Å². The average molecular weight is 343 g/mol. The topological polar surface area (TPSA) is 49.4 Å². The Morgan fingerprint density at radius 2 is 1.59 bits per heavy atom. The first kappa shape index (κ1) is 16.2. The summed E-state index contributed by atoms with van der Waals surface area (Å²) in [6.45, 7) is 2.00. The van der Waals surface area contributed by atoms with E-state index in [0.717, 1.165) is 32.0 Å². The zero-order valence-electron chi connectivity index (χ0n) is 12.7. The number of piperidine rings is 1. The summed E-state index contributed by atoms with van der Waals surface area (Å²) in [6, 6.07) is 7.10. The molecule has 0 bridgehead atoms. The van der Waals surface area contributed by atoms with Gasteiger partial charge in [0.1, 0.15) is 0 Å². The highest BCUT2D eigenvalue weighted by Gasteiger charge is 2.29. The molecule has 0 aromatic heterocycles. The number of rotatable bonds is 4. The van der Waals surface area contributed by atoms with Gasteiger partial charge in [0.05, 0.1) is 4.90 Å². The molecule has 1 heterocycles. The van der Waals surface area contributed by atoms with Crippen LogP contribution in [0.2, 0.25) is 5.02 Å². The van der Waals surface area contributed by atoms with E-state index in [2.05, 4.69) is 9.62 Å². The highest BCUT2D eigenvalue weighted by molar-refractivity contribution is 7.89. The Bertz CT molecular complexity index is 589. The molecule has 1 saturated heterocycles. The van der Waals surface area contributed by atoms with Crippen LogP contribution in [0.1, 0.15) is 38.5 Å². The van der Waals surface area contributed by atoms with Gasteiger partial charge in [-0.15, -0.1) is 0 Å². The van der Waals surface area contributed by atoms with Gasteiger partial charge in [-0.1, -0.05) is 24.4 Å². The second-order valence-electron chi connectivity index (χ2n) is 6.32. The van der Waals surface area contributed by atoms with Gasteiger partial charge in [-0.2, -0.15) is 0 Å². The molecule has 1 aliphatic heterocycles. The minimum absolute atomic E-state index is 0.0401. The molecule has 0 amide bonds. The third-order valence-electron chi connectivity index (χ3n) is 4.82. The maximum atomic E-state index is 12.4. The number of sulfonamides is 1. The molecule has 22 heavy (non-hydrogen) atoms. The second-order valence-corrected chi connectivity index (χ2v) is 8.47. The molecule has 0 spiro atoms. The van der Waals surface area contributed by atoms with Crippen LogP contribution in [0.25, 0.3) is 0 Å². The molecule has 0 atom stereocenters. The predicted octanol–water partition coefficient (Wildman–Crippen LogP) is 3.03. The average Bonchev–Trinajstić information content (AvgIpc) is 3.02. The molecule has 1 aromatic carbocycles. The first-order chi connectivity index (χ1) is 10.5. The third kappa shape index (κ3) is 3.82. The Morgan fingerprint density at radius 3 is 2.18 bits per heavy atom. The van der Waals surface area contributed by atoms with Crippen molar-refractivity contribution in [2.75, 3.05) is 13.1 Å². The lowest BCUT2D eigenvalue weighted by Crippen LogP contribution is -2.47. The summed E-state index contributed by atoms with van der Waals surface area (Å²) in [5, 5.41) is 0.545. The van der Waals surface area contributed by atoms with Crippen LogP contribution in [-0.4, -0.2) is 38.5 Å². The van der Waals surface area contributed by atoms with E-state index in [1.807, 2.05) is 0 Å². The summed E-state index contributed by atoms with van der Waals surface area (Å²) in [7, 11) is -3.44. The van der Waals surface area contributed by atoms with Gasteiger partial charge in [-0.25, -0.2) is 13.1 Å². The van der Waals surface area contributed by atoms with Gasteiger partial charge >= 0.3 is 0 Å². The van der Waals surface area contributed by atoms with Crippen molar-refractivity contribution >= 4 is 21.6 Å². The van der Waals surface area contributed by atoms with Crippen molar-refractivity contribution in [1.82, 2.24) is 9.62 Å². The van der Waals surface area contributed by atoms with Crippen molar-refractivity contribution in [3.8, 4) is 0 Å². The largest absolute Gasteiger partial charge is 0.300 e. The van der Waals surface area contributed by atoms with Gasteiger partial charge in [0, 0.05) is 17.1 Å². The summed E-state index contributed by atoms with van der Waals surface area (Å²) in [4.78, 5) is 2.83. The maximum Gasteiger partial charge on any atom is 0.240 e. The molecule has 0 unspecified atom stereocenters. The van der Waals surface area contributed by atoms with Crippen molar-refractivity contribution in [1.29, 1.82) is 0 Å². The monoisotopic (exact) mass is 342 g/mol. The zero-order chi connectivity index (χ0) is 15.6. The van der Waals surface area contributed by atoms with Crippen molar-refractivity contribution in [3.63, 3.8) is 0 Å². The molecular formula is C16H23ClN2O2S. The van der Waals surface area contributed by atoms with Crippen molar-refractivity contribution in [3.05, 3.63) is 29.3 Å². The number of nitrogens with one attached hydrogen (secondary N) is 1. The van der Waals surface area contributed by atoms with E-state index in [9.17, 15) is 8.42 Å². The standard InChI is InChI=1S/C16H23ClN2O2S/c17-13-5-7-16(8-6-13)22(20,21)18-14-9-11-19(12-10-14)15-3-1-2-4-15/h5-8,14-15,18H,1-4,9-12H2. The van der Waals surface area contributed by atoms with Gasteiger partial charge in [0.2, 0.25) is 10.0 Å². The summed E-state index contributed by atoms with van der Waals surface area (Å²) in [5.74, 6) is 0. The SMILES string of the molecule is O=S(=O)(NC1CCN(C2CCCC2)CC1)c1ccc(Cl)cc1. The summed E-state index contributed by atoms with van der Waals surface area (Å²) in [5.41, 5.74) is 0. The lowest BCUT2D eigenvalue weighted by molar-refractivity contribution is 0.151. The molecule has 1 aliphatic carbocycles. The van der Waals surface area contributed by atoms with Crippen LogP contribution < -0.4 is 4.72 Å². The number of benzene rings is 1. The van der Waals surface area contributed by atoms with Gasteiger partial charge in [-0.05, 0) is 63.0 Å². The van der Waals surface area contributed by atoms with E-state index in [-0.39, 0.29) is 10.9 Å². The van der Waals surface area contributed by atoms with Gasteiger partial charge in [0.25, 0.3) is 0 Å². The first-order valence-corrected chi connectivity index (χ1v) is 9.93. The molecular weight excluding hydrogens is 320 g/mol. The van der Waals surface area contributed by atoms with E-state index in [1.165, 1.54) is 25.7 Å². The summed E-state index contributed by atoms with van der Waals surface area (Å²) >= 11 is 5.81. The van der Waals surface area contributed by atoms with Crippen LogP contribution in [0.4, 0.5) is 0 Å². The normalized spacial score (nSPS) is 22.2. The van der Waals surface area contributed by atoms with Crippen LogP contribution in [0.3, 0.4) is 0 Å². The van der Waals surface area contributed by atoms with Crippen LogP contribution in [0.15, 0.2) is 29.2 Å². The zero-order valence-corrected chi connectivity index (χ0v) is 14.2. The third-order valence-corrected chi connectivity index (χ3v) is 6.60. The Balaban J connectivity index is 1.56. The summed E-state index contributed by atoms with van der Waals surface area (Å²) in [6.07, 6.45) is 7.08. The molecule has 2 fully saturated rings. The molecule has 4 nitrogen and oxygen atoms in total. The van der Waals surface area contributed by atoms with Crippen LogP contribution in [0.5, 0.6) is 0 Å². The molecule has 2 aliphatic rings. The smallest absolute Gasteiger partial charge is 0.240 e. The van der Waals surface area contributed by atoms with Gasteiger partial charge < -0.3 is 4.90 Å². The molecule has 6 heteroatoms. The predicted molar refractivity (Wildman–Crippen MR) is 88.6 cm³/mol. The molecule has 1 N–H and O–H groups in total. The minimum atomic E-state index is -3.44. The molecule has 0 radical (unpaired) electrons. The Labute approximate surface area is 137 Å². The lowest BCUT2D eigenvalue weighted by Gasteiger charge is -2.36. The Morgan fingerprint density at radius 1 is 1.00 bits per heavy atom. The Kier molecular flexibility index (Phi) is 5.07. The number of hydrogen-bond donors (Lipinski definition) is 1. The fourth-order valence-electron chi connectivity index (χ4n) is 3.55. The highest BCUT2D eigenvalue weighted by atomic mass is 35.5. The molecule has 1 saturated carbocycles. The Hall–Kier alpha value is -0.620. The van der Waals surface area contributed by atoms with Crippen LogP contribution >= 0.6 is 11.6 Å². The first-order valence-electron chi connectivity index (χ1n) is 8.06. The van der Waals surface area contributed by atoms with E-state index < -0.39 is 10.0 Å². The molecule has 3 rings (SSSR count). The fourth-order valence-corrected chi connectivity index (χ4v) is 4.98. The van der Waals surface area contributed by atoms with Crippen LogP contribution in [-0.2, 0) is 10.0 Å². The quantitative estimate of drug-likeness (QED) is 0.915. The van der Waals surface area contributed by atoms with Crippen molar-refractivity contribution in [2.45, 2.75) is 55.5 Å². The highest BCUT2D eigenvalue weighted by Crippen LogP contribution is 2.26.